The summed E-state index contributed by atoms with van der Waals surface area (Å²) < 4.78 is 0. The van der Waals surface area contributed by atoms with Crippen LogP contribution in [0.15, 0.2) is 60.7 Å². The Morgan fingerprint density at radius 2 is 1.17 bits per heavy atom. The molecule has 2 aromatic rings. The Morgan fingerprint density at radius 3 is 1.53 bits per heavy atom. The Balaban J connectivity index is 1.76. The normalized spacial score (nSPS) is 32.1. The predicted octanol–water partition coefficient (Wildman–Crippen LogP) is 4.19. The summed E-state index contributed by atoms with van der Waals surface area (Å²) in [6, 6.07) is 20.6. The summed E-state index contributed by atoms with van der Waals surface area (Å²) in [6.07, 6.45) is 0. The van der Waals surface area contributed by atoms with Crippen molar-refractivity contribution in [1.82, 2.24) is 20.4 Å². The van der Waals surface area contributed by atoms with E-state index in [1.807, 2.05) is 46.2 Å². The Labute approximate surface area is 195 Å². The van der Waals surface area contributed by atoms with Crippen LogP contribution in [0.3, 0.4) is 0 Å². The fourth-order valence-corrected chi connectivity index (χ4v) is 6.11. The first-order valence-corrected chi connectivity index (χ1v) is 12.2. The Morgan fingerprint density at radius 1 is 0.800 bits per heavy atom. The van der Waals surface area contributed by atoms with Crippen LogP contribution in [0.2, 0.25) is 0 Å². The molecular weight excluding hydrogens is 508 g/mol. The van der Waals surface area contributed by atoms with Gasteiger partial charge >= 0.3 is 6.03 Å². The lowest BCUT2D eigenvalue weighted by atomic mass is 9.86. The standard InChI is InChI=1S/C23H28Br2N4O/c1-22(17-9-5-3-6-10-17)19(24)26-13-15-28(22)21(30)29-16-14-27-20(25)23(29,2)18-11-7-4-8-12-18/h3-12,19-20,26-27H,13-16H2,1-2H3. The van der Waals surface area contributed by atoms with Crippen molar-refractivity contribution in [2.24, 2.45) is 0 Å². The number of rotatable bonds is 2. The molecule has 4 atom stereocenters. The van der Waals surface area contributed by atoms with Crippen molar-refractivity contribution in [3.05, 3.63) is 71.8 Å². The molecule has 2 heterocycles. The highest BCUT2D eigenvalue weighted by Gasteiger charge is 2.51. The van der Waals surface area contributed by atoms with E-state index in [0.717, 1.165) is 24.2 Å². The fourth-order valence-electron chi connectivity index (χ4n) is 4.63. The van der Waals surface area contributed by atoms with Crippen LogP contribution in [-0.2, 0) is 11.1 Å². The zero-order valence-corrected chi connectivity index (χ0v) is 20.5. The van der Waals surface area contributed by atoms with Gasteiger partial charge in [-0.15, -0.1) is 0 Å². The predicted molar refractivity (Wildman–Crippen MR) is 128 cm³/mol. The summed E-state index contributed by atoms with van der Waals surface area (Å²) in [7, 11) is 0. The summed E-state index contributed by atoms with van der Waals surface area (Å²) >= 11 is 7.64. The van der Waals surface area contributed by atoms with E-state index in [1.54, 1.807) is 0 Å². The van der Waals surface area contributed by atoms with E-state index >= 15 is 0 Å². The van der Waals surface area contributed by atoms with Crippen molar-refractivity contribution < 1.29 is 4.79 Å². The number of halogens is 2. The largest absolute Gasteiger partial charge is 0.321 e. The van der Waals surface area contributed by atoms with Gasteiger partial charge in [-0.05, 0) is 25.0 Å². The molecule has 4 rings (SSSR count). The van der Waals surface area contributed by atoms with Gasteiger partial charge in [-0.2, -0.15) is 0 Å². The Bertz CT molecular complexity index is 812. The molecule has 0 radical (unpaired) electrons. The van der Waals surface area contributed by atoms with Crippen molar-refractivity contribution in [2.45, 2.75) is 34.8 Å². The molecule has 0 aliphatic carbocycles. The Kier molecular flexibility index (Phi) is 6.26. The van der Waals surface area contributed by atoms with Crippen molar-refractivity contribution >= 4 is 37.9 Å². The van der Waals surface area contributed by atoms with Gasteiger partial charge in [-0.3, -0.25) is 0 Å². The molecule has 5 nitrogen and oxygen atoms in total. The molecule has 2 saturated heterocycles. The number of amides is 2. The molecule has 2 aromatic carbocycles. The number of carbonyl (C=O) groups excluding carboxylic acids is 1. The van der Waals surface area contributed by atoms with Gasteiger partial charge in [0.25, 0.3) is 0 Å². The van der Waals surface area contributed by atoms with E-state index in [0.29, 0.717) is 13.1 Å². The third-order valence-electron chi connectivity index (χ3n) is 6.60. The first-order chi connectivity index (χ1) is 14.4. The first kappa shape index (κ1) is 21.8. The van der Waals surface area contributed by atoms with Gasteiger partial charge in [-0.25, -0.2) is 4.79 Å². The number of piperazine rings is 2. The van der Waals surface area contributed by atoms with Crippen LogP contribution in [0.25, 0.3) is 0 Å². The van der Waals surface area contributed by atoms with E-state index in [1.165, 1.54) is 0 Å². The van der Waals surface area contributed by atoms with Crippen molar-refractivity contribution in [3.8, 4) is 0 Å². The van der Waals surface area contributed by atoms with Gasteiger partial charge in [0.2, 0.25) is 0 Å². The number of carbonyl (C=O) groups is 1. The molecule has 0 bridgehead atoms. The molecule has 0 spiro atoms. The molecule has 2 amide bonds. The summed E-state index contributed by atoms with van der Waals surface area (Å²) in [5, 5.41) is 7.01. The minimum Gasteiger partial charge on any atom is -0.311 e. The number of nitrogens with zero attached hydrogens (tertiary/aromatic N) is 2. The molecule has 2 aliphatic rings. The van der Waals surface area contributed by atoms with E-state index in [4.69, 9.17) is 0 Å². The molecular formula is C23H28Br2N4O. The maximum Gasteiger partial charge on any atom is 0.321 e. The van der Waals surface area contributed by atoms with Gasteiger partial charge in [-0.1, -0.05) is 92.5 Å². The fraction of sp³-hybridized carbons (Fsp3) is 0.435. The SMILES string of the molecule is CC1(c2ccccc2)C(Br)NCCN1C(=O)N1CCNC(Br)C1(C)c1ccccc1. The van der Waals surface area contributed by atoms with Crippen LogP contribution < -0.4 is 10.6 Å². The van der Waals surface area contributed by atoms with Crippen LogP contribution in [0.4, 0.5) is 4.79 Å². The van der Waals surface area contributed by atoms with E-state index in [-0.39, 0.29) is 15.9 Å². The lowest BCUT2D eigenvalue weighted by molar-refractivity contribution is 0.0245. The third kappa shape index (κ3) is 3.49. The Hall–Kier alpha value is -1.41. The summed E-state index contributed by atoms with van der Waals surface area (Å²) in [5.74, 6) is 0. The van der Waals surface area contributed by atoms with Crippen molar-refractivity contribution in [3.63, 3.8) is 0 Å². The van der Waals surface area contributed by atoms with Crippen LogP contribution in [-0.4, -0.2) is 51.9 Å². The second-order valence-corrected chi connectivity index (χ2v) is 10.1. The highest BCUT2D eigenvalue weighted by Crippen LogP contribution is 2.42. The molecule has 2 fully saturated rings. The number of alkyl halides is 2. The molecule has 0 aromatic heterocycles. The second kappa shape index (κ2) is 8.61. The number of benzene rings is 2. The molecule has 30 heavy (non-hydrogen) atoms. The van der Waals surface area contributed by atoms with Crippen LogP contribution in [0, 0.1) is 0 Å². The number of nitrogens with one attached hydrogen (secondary N) is 2. The maximum absolute atomic E-state index is 14.2. The second-order valence-electron chi connectivity index (χ2n) is 8.25. The van der Waals surface area contributed by atoms with E-state index < -0.39 is 11.1 Å². The van der Waals surface area contributed by atoms with E-state index in [2.05, 4.69) is 80.6 Å². The lowest BCUT2D eigenvalue weighted by Crippen LogP contribution is -2.70. The summed E-state index contributed by atoms with van der Waals surface area (Å²) in [6.45, 7) is 7.06. The molecule has 2 aliphatic heterocycles. The average Bonchev–Trinajstić information content (AvgIpc) is 2.78. The highest BCUT2D eigenvalue weighted by molar-refractivity contribution is 9.09. The third-order valence-corrected chi connectivity index (χ3v) is 9.04. The van der Waals surface area contributed by atoms with Gasteiger partial charge in [0.05, 0.1) is 21.0 Å². The van der Waals surface area contributed by atoms with Gasteiger partial charge in [0.1, 0.15) is 0 Å². The van der Waals surface area contributed by atoms with Gasteiger partial charge in [0, 0.05) is 26.2 Å². The van der Waals surface area contributed by atoms with E-state index in [9.17, 15) is 4.79 Å². The number of urea groups is 1. The molecule has 7 heteroatoms. The van der Waals surface area contributed by atoms with Gasteiger partial charge < -0.3 is 20.4 Å². The van der Waals surface area contributed by atoms with Crippen molar-refractivity contribution in [2.75, 3.05) is 26.2 Å². The highest BCUT2D eigenvalue weighted by atomic mass is 79.9. The monoisotopic (exact) mass is 534 g/mol. The minimum absolute atomic E-state index is 0.0456. The number of hydrogen-bond donors (Lipinski definition) is 2. The molecule has 4 unspecified atom stereocenters. The number of hydrogen-bond acceptors (Lipinski definition) is 3. The van der Waals surface area contributed by atoms with Crippen LogP contribution in [0.5, 0.6) is 0 Å². The topological polar surface area (TPSA) is 47.6 Å². The first-order valence-electron chi connectivity index (χ1n) is 10.4. The van der Waals surface area contributed by atoms with Crippen LogP contribution >= 0.6 is 31.9 Å². The molecule has 160 valence electrons. The maximum atomic E-state index is 14.2. The smallest absolute Gasteiger partial charge is 0.311 e. The van der Waals surface area contributed by atoms with Crippen LogP contribution in [0.1, 0.15) is 25.0 Å². The molecule has 2 N–H and O–H groups in total. The quantitative estimate of drug-likeness (QED) is 0.448. The zero-order chi connectivity index (χ0) is 21.4. The summed E-state index contributed by atoms with van der Waals surface area (Å²) in [5.41, 5.74) is 1.20. The minimum atomic E-state index is -0.513. The zero-order valence-electron chi connectivity index (χ0n) is 17.3. The van der Waals surface area contributed by atoms with Gasteiger partial charge in [0.15, 0.2) is 0 Å². The molecule has 0 saturated carbocycles. The summed E-state index contributed by atoms with van der Waals surface area (Å²) in [4.78, 5) is 18.2. The average molecular weight is 536 g/mol. The lowest BCUT2D eigenvalue weighted by Gasteiger charge is -2.55. The van der Waals surface area contributed by atoms with Crippen molar-refractivity contribution in [1.29, 1.82) is 0 Å².